The number of hydrogen-bond acceptors (Lipinski definition) is 3. The molecule has 0 spiro atoms. The Balaban J connectivity index is 1.85. The summed E-state index contributed by atoms with van der Waals surface area (Å²) in [6, 6.07) is 10.7. The Morgan fingerprint density at radius 3 is 2.04 bits per heavy atom. The van der Waals surface area contributed by atoms with Gasteiger partial charge in [-0.05, 0) is 49.4 Å². The highest BCUT2D eigenvalue weighted by Gasteiger charge is 2.32. The number of fused-ring (bicyclic) bond motifs is 3. The van der Waals surface area contributed by atoms with Crippen LogP contribution in [0.15, 0.2) is 36.4 Å². The number of ketones is 3. The summed E-state index contributed by atoms with van der Waals surface area (Å²) in [4.78, 5) is 37.1. The van der Waals surface area contributed by atoms with Crippen LogP contribution in [0.5, 0.6) is 0 Å². The number of carbonyl (C=O) groups excluding carboxylic acids is 3. The van der Waals surface area contributed by atoms with E-state index in [4.69, 9.17) is 0 Å². The van der Waals surface area contributed by atoms with Crippen molar-refractivity contribution in [2.24, 2.45) is 5.92 Å². The molecule has 0 N–H and O–H groups in total. The van der Waals surface area contributed by atoms with E-state index in [1.807, 2.05) is 12.1 Å². The Kier molecular flexibility index (Phi) is 3.05. The summed E-state index contributed by atoms with van der Waals surface area (Å²) in [5.74, 6) is 0.0537. The fraction of sp³-hybridized carbons (Fsp3) is 0.250. The lowest BCUT2D eigenvalue weighted by atomic mass is 9.76. The highest BCUT2D eigenvalue weighted by Crippen LogP contribution is 2.33. The SMILES string of the molecule is CC(=O)C1CCc2cc3c(cc2C1)C(=O)c1ccccc1C3=O. The third-order valence-electron chi connectivity index (χ3n) is 5.05. The predicted octanol–water partition coefficient (Wildman–Crippen LogP) is 3.16. The van der Waals surface area contributed by atoms with Crippen LogP contribution in [-0.2, 0) is 17.6 Å². The van der Waals surface area contributed by atoms with Crippen molar-refractivity contribution in [3.63, 3.8) is 0 Å². The monoisotopic (exact) mass is 304 g/mol. The molecule has 0 fully saturated rings. The number of aryl methyl sites for hydroxylation is 1. The number of benzene rings is 2. The van der Waals surface area contributed by atoms with Gasteiger partial charge in [-0.15, -0.1) is 0 Å². The summed E-state index contributed by atoms with van der Waals surface area (Å²) in [6.07, 6.45) is 2.27. The lowest BCUT2D eigenvalue weighted by molar-refractivity contribution is -0.121. The fourth-order valence-electron chi connectivity index (χ4n) is 3.70. The van der Waals surface area contributed by atoms with E-state index in [2.05, 4.69) is 0 Å². The molecule has 4 rings (SSSR count). The Bertz CT molecular complexity index is 876. The second-order valence-electron chi connectivity index (χ2n) is 6.42. The molecule has 0 amide bonds. The minimum Gasteiger partial charge on any atom is -0.300 e. The first kappa shape index (κ1) is 14.1. The van der Waals surface area contributed by atoms with Gasteiger partial charge in [-0.3, -0.25) is 14.4 Å². The molecule has 0 saturated carbocycles. The molecule has 2 aliphatic carbocycles. The highest BCUT2D eigenvalue weighted by molar-refractivity contribution is 6.28. The molecule has 1 unspecified atom stereocenters. The molecule has 0 heterocycles. The van der Waals surface area contributed by atoms with Crippen LogP contribution in [0, 0.1) is 5.92 Å². The van der Waals surface area contributed by atoms with Gasteiger partial charge in [0.25, 0.3) is 0 Å². The van der Waals surface area contributed by atoms with E-state index >= 15 is 0 Å². The molecule has 2 aliphatic rings. The van der Waals surface area contributed by atoms with Crippen LogP contribution >= 0.6 is 0 Å². The molecular weight excluding hydrogens is 288 g/mol. The van der Waals surface area contributed by atoms with Crippen molar-refractivity contribution < 1.29 is 14.4 Å². The first-order valence-corrected chi connectivity index (χ1v) is 7.91. The standard InChI is InChI=1S/C20H16O3/c1-11(21)12-6-7-13-9-17-18(10-14(13)8-12)20(23)16-5-3-2-4-15(16)19(17)22/h2-5,9-10,12H,6-8H2,1H3. The average Bonchev–Trinajstić information content (AvgIpc) is 2.58. The van der Waals surface area contributed by atoms with Crippen LogP contribution in [0.25, 0.3) is 0 Å². The van der Waals surface area contributed by atoms with Crippen molar-refractivity contribution in [1.82, 2.24) is 0 Å². The summed E-state index contributed by atoms with van der Waals surface area (Å²) in [7, 11) is 0. The van der Waals surface area contributed by atoms with Crippen LogP contribution in [0.1, 0.15) is 56.3 Å². The van der Waals surface area contributed by atoms with Gasteiger partial charge in [0.15, 0.2) is 11.6 Å². The molecule has 0 bridgehead atoms. The number of Topliss-reactive ketones (excluding diaryl/α,β-unsaturated/α-hetero) is 1. The quantitative estimate of drug-likeness (QED) is 0.694. The first-order chi connectivity index (χ1) is 11.1. The minimum absolute atomic E-state index is 0.0298. The van der Waals surface area contributed by atoms with Gasteiger partial charge < -0.3 is 0 Å². The molecule has 0 aromatic heterocycles. The van der Waals surface area contributed by atoms with E-state index < -0.39 is 0 Å². The van der Waals surface area contributed by atoms with E-state index in [1.165, 1.54) is 0 Å². The molecular formula is C20H16O3. The normalized spacial score (nSPS) is 18.9. The fourth-order valence-corrected chi connectivity index (χ4v) is 3.70. The maximum Gasteiger partial charge on any atom is 0.194 e. The third-order valence-corrected chi connectivity index (χ3v) is 5.05. The van der Waals surface area contributed by atoms with Crippen molar-refractivity contribution in [3.05, 3.63) is 69.8 Å². The highest BCUT2D eigenvalue weighted by atomic mass is 16.1. The van der Waals surface area contributed by atoms with Gasteiger partial charge >= 0.3 is 0 Å². The summed E-state index contributed by atoms with van der Waals surface area (Å²) in [5, 5.41) is 0. The smallest absolute Gasteiger partial charge is 0.194 e. The topological polar surface area (TPSA) is 51.2 Å². The van der Waals surface area contributed by atoms with Gasteiger partial charge in [-0.2, -0.15) is 0 Å². The van der Waals surface area contributed by atoms with E-state index in [0.717, 1.165) is 24.0 Å². The Morgan fingerprint density at radius 2 is 1.48 bits per heavy atom. The minimum atomic E-state index is -0.0945. The molecule has 3 heteroatoms. The second kappa shape index (κ2) is 4.98. The molecule has 2 aromatic carbocycles. The van der Waals surface area contributed by atoms with Gasteiger partial charge in [0, 0.05) is 28.2 Å². The molecule has 114 valence electrons. The molecule has 1 atom stereocenters. The lowest BCUT2D eigenvalue weighted by Crippen LogP contribution is -2.25. The Morgan fingerprint density at radius 1 is 0.913 bits per heavy atom. The first-order valence-electron chi connectivity index (χ1n) is 7.91. The lowest BCUT2D eigenvalue weighted by Gasteiger charge is -2.26. The van der Waals surface area contributed by atoms with E-state index in [0.29, 0.717) is 28.7 Å². The zero-order valence-electron chi connectivity index (χ0n) is 12.9. The van der Waals surface area contributed by atoms with Gasteiger partial charge in [-0.25, -0.2) is 0 Å². The maximum absolute atomic E-state index is 12.7. The van der Waals surface area contributed by atoms with Crippen molar-refractivity contribution >= 4 is 17.3 Å². The number of carbonyl (C=O) groups is 3. The van der Waals surface area contributed by atoms with Gasteiger partial charge in [0.05, 0.1) is 0 Å². The Hall–Kier alpha value is -2.55. The van der Waals surface area contributed by atoms with Gasteiger partial charge in [0.2, 0.25) is 0 Å². The zero-order valence-corrected chi connectivity index (χ0v) is 12.9. The predicted molar refractivity (Wildman–Crippen MR) is 85.9 cm³/mol. The molecule has 0 radical (unpaired) electrons. The summed E-state index contributed by atoms with van der Waals surface area (Å²) >= 11 is 0. The van der Waals surface area contributed by atoms with E-state index in [9.17, 15) is 14.4 Å². The van der Waals surface area contributed by atoms with Crippen LogP contribution in [0.3, 0.4) is 0 Å². The van der Waals surface area contributed by atoms with Gasteiger partial charge in [0.1, 0.15) is 5.78 Å². The molecule has 3 nitrogen and oxygen atoms in total. The van der Waals surface area contributed by atoms with Crippen molar-refractivity contribution in [2.45, 2.75) is 26.2 Å². The molecule has 23 heavy (non-hydrogen) atoms. The number of hydrogen-bond donors (Lipinski definition) is 0. The third kappa shape index (κ3) is 2.07. The average molecular weight is 304 g/mol. The van der Waals surface area contributed by atoms with Crippen LogP contribution in [-0.4, -0.2) is 17.3 Å². The molecule has 2 aromatic rings. The van der Waals surface area contributed by atoms with Crippen molar-refractivity contribution in [2.75, 3.05) is 0 Å². The second-order valence-corrected chi connectivity index (χ2v) is 6.42. The van der Waals surface area contributed by atoms with Crippen LogP contribution < -0.4 is 0 Å². The molecule has 0 aliphatic heterocycles. The van der Waals surface area contributed by atoms with Crippen molar-refractivity contribution in [3.8, 4) is 0 Å². The summed E-state index contributed by atoms with van der Waals surface area (Å²) < 4.78 is 0. The largest absolute Gasteiger partial charge is 0.300 e. The zero-order chi connectivity index (χ0) is 16.1. The van der Waals surface area contributed by atoms with Crippen LogP contribution in [0.2, 0.25) is 0 Å². The van der Waals surface area contributed by atoms with Crippen molar-refractivity contribution in [1.29, 1.82) is 0 Å². The van der Waals surface area contributed by atoms with Crippen LogP contribution in [0.4, 0.5) is 0 Å². The summed E-state index contributed by atoms with van der Waals surface area (Å²) in [5.41, 5.74) is 4.09. The van der Waals surface area contributed by atoms with E-state index in [-0.39, 0.29) is 23.3 Å². The number of rotatable bonds is 1. The van der Waals surface area contributed by atoms with E-state index in [1.54, 1.807) is 31.2 Å². The Labute approximate surface area is 134 Å². The molecule has 0 saturated heterocycles. The summed E-state index contributed by atoms with van der Waals surface area (Å²) in [6.45, 7) is 1.62. The maximum atomic E-state index is 12.7. The van der Waals surface area contributed by atoms with Gasteiger partial charge in [-0.1, -0.05) is 24.3 Å².